The first-order valence-corrected chi connectivity index (χ1v) is 16.7. The lowest BCUT2D eigenvalue weighted by Gasteiger charge is -2.14. The number of nitrogens with one attached hydrogen (secondary N) is 3. The number of rotatable bonds is 10. The molecule has 3 amide bonds. The fourth-order valence-corrected chi connectivity index (χ4v) is 6.50. The van der Waals surface area contributed by atoms with Crippen LogP contribution in [0.2, 0.25) is 0 Å². The van der Waals surface area contributed by atoms with Crippen molar-refractivity contribution in [3.8, 4) is 0 Å². The molecule has 240 valence electrons. The van der Waals surface area contributed by atoms with E-state index in [9.17, 15) is 14.4 Å². The van der Waals surface area contributed by atoms with Crippen LogP contribution in [0.25, 0.3) is 27.9 Å². The molecule has 0 aliphatic rings. The molecule has 0 aliphatic heterocycles. The van der Waals surface area contributed by atoms with E-state index in [1.54, 1.807) is 42.5 Å². The summed E-state index contributed by atoms with van der Waals surface area (Å²) in [6.45, 7) is 6.81. The van der Waals surface area contributed by atoms with Crippen molar-refractivity contribution >= 4 is 68.7 Å². The Labute approximate surface area is 284 Å². The molecule has 0 bridgehead atoms. The maximum absolute atomic E-state index is 13.4. The first-order chi connectivity index (χ1) is 23.3. The highest BCUT2D eigenvalue weighted by Gasteiger charge is 2.18. The van der Waals surface area contributed by atoms with Gasteiger partial charge in [0.05, 0.1) is 5.25 Å². The van der Waals surface area contributed by atoms with Crippen LogP contribution < -0.4 is 16.0 Å². The number of para-hydroxylation sites is 1. The Balaban J connectivity index is 1.12. The van der Waals surface area contributed by atoms with Gasteiger partial charge in [-0.05, 0) is 98.6 Å². The van der Waals surface area contributed by atoms with Crippen LogP contribution in [0.4, 0.5) is 11.4 Å². The minimum atomic E-state index is -0.449. The summed E-state index contributed by atoms with van der Waals surface area (Å²) < 4.78 is 2.28. The Morgan fingerprint density at radius 2 is 1.42 bits per heavy atom. The maximum atomic E-state index is 13.4. The normalized spacial score (nSPS) is 12.1. The molecule has 0 radical (unpaired) electrons. The Morgan fingerprint density at radius 1 is 0.750 bits per heavy atom. The second-order valence-electron chi connectivity index (χ2n) is 11.5. The minimum Gasteiger partial charge on any atom is -0.341 e. The standard InChI is InChI=1S/C40H36N4O3S/c1-4-44-36-17-11-10-16-33(36)34-25-31(20-23-37(34)44)42-38(45)27(3)48-32-21-18-30(19-22-32)41-40(47)35(24-29-15-9-8-12-26(29)2)43-39(46)28-13-6-5-7-14-28/h5-25,27H,4H2,1-3H3,(H,41,47)(H,42,45)(H,43,46)/b35-24-. The van der Waals surface area contributed by atoms with Crippen molar-refractivity contribution in [2.24, 2.45) is 0 Å². The average Bonchev–Trinajstić information content (AvgIpc) is 3.42. The quantitative estimate of drug-likeness (QED) is 0.102. The van der Waals surface area contributed by atoms with Gasteiger partial charge in [-0.1, -0.05) is 60.7 Å². The van der Waals surface area contributed by atoms with Crippen molar-refractivity contribution in [2.45, 2.75) is 37.5 Å². The van der Waals surface area contributed by atoms with Gasteiger partial charge in [0.15, 0.2) is 0 Å². The van der Waals surface area contributed by atoms with E-state index < -0.39 is 5.91 Å². The molecule has 0 fully saturated rings. The molecule has 6 rings (SSSR count). The summed E-state index contributed by atoms with van der Waals surface area (Å²) in [5, 5.41) is 10.7. The van der Waals surface area contributed by atoms with Crippen molar-refractivity contribution in [3.05, 3.63) is 144 Å². The number of aryl methyl sites for hydroxylation is 2. The molecule has 1 atom stereocenters. The van der Waals surface area contributed by atoms with Gasteiger partial charge in [0.1, 0.15) is 5.70 Å². The van der Waals surface area contributed by atoms with Crippen LogP contribution in [0.3, 0.4) is 0 Å². The Bertz CT molecular complexity index is 2150. The summed E-state index contributed by atoms with van der Waals surface area (Å²) >= 11 is 1.43. The largest absolute Gasteiger partial charge is 0.341 e. The monoisotopic (exact) mass is 652 g/mol. The van der Waals surface area contributed by atoms with Gasteiger partial charge in [-0.3, -0.25) is 14.4 Å². The molecule has 1 unspecified atom stereocenters. The number of amides is 3. The zero-order valence-corrected chi connectivity index (χ0v) is 27.8. The molecular formula is C40H36N4O3S. The number of hydrogen-bond acceptors (Lipinski definition) is 4. The minimum absolute atomic E-state index is 0.101. The highest BCUT2D eigenvalue weighted by Crippen LogP contribution is 2.32. The molecule has 7 nitrogen and oxygen atoms in total. The number of aromatic nitrogens is 1. The average molecular weight is 653 g/mol. The maximum Gasteiger partial charge on any atom is 0.272 e. The SMILES string of the molecule is CCn1c2ccccc2c2cc(NC(=O)C(C)Sc3ccc(NC(=O)/C(=C/c4ccccc4C)NC(=O)c4ccccc4)cc3)ccc21. The number of nitrogens with zero attached hydrogens (tertiary/aromatic N) is 1. The summed E-state index contributed by atoms with van der Waals surface area (Å²) in [5.41, 5.74) is 6.00. The highest BCUT2D eigenvalue weighted by molar-refractivity contribution is 8.00. The third-order valence-corrected chi connectivity index (χ3v) is 9.28. The molecule has 3 N–H and O–H groups in total. The topological polar surface area (TPSA) is 92.2 Å². The number of fused-ring (bicyclic) bond motifs is 3. The molecule has 0 aliphatic carbocycles. The van der Waals surface area contributed by atoms with Crippen molar-refractivity contribution in [2.75, 3.05) is 10.6 Å². The van der Waals surface area contributed by atoms with E-state index in [0.717, 1.165) is 44.5 Å². The van der Waals surface area contributed by atoms with Gasteiger partial charge in [-0.15, -0.1) is 11.8 Å². The number of carbonyl (C=O) groups is 3. The summed E-state index contributed by atoms with van der Waals surface area (Å²) in [7, 11) is 0. The van der Waals surface area contributed by atoms with Crippen molar-refractivity contribution in [1.82, 2.24) is 9.88 Å². The predicted molar refractivity (Wildman–Crippen MR) is 197 cm³/mol. The number of hydrogen-bond donors (Lipinski definition) is 3. The van der Waals surface area contributed by atoms with Gasteiger partial charge in [0, 0.05) is 50.2 Å². The van der Waals surface area contributed by atoms with Crippen molar-refractivity contribution in [1.29, 1.82) is 0 Å². The molecule has 0 spiro atoms. The molecule has 6 aromatic rings. The molecule has 1 heterocycles. The van der Waals surface area contributed by atoms with Crippen molar-refractivity contribution < 1.29 is 14.4 Å². The van der Waals surface area contributed by atoms with Crippen LogP contribution in [0, 0.1) is 6.92 Å². The number of carbonyl (C=O) groups excluding carboxylic acids is 3. The van der Waals surface area contributed by atoms with Crippen LogP contribution in [0.1, 0.15) is 35.3 Å². The van der Waals surface area contributed by atoms with Crippen molar-refractivity contribution in [3.63, 3.8) is 0 Å². The second-order valence-corrected chi connectivity index (χ2v) is 12.9. The number of anilines is 2. The van der Waals surface area contributed by atoms with Crippen LogP contribution in [0.15, 0.2) is 132 Å². The molecular weight excluding hydrogens is 617 g/mol. The first-order valence-electron chi connectivity index (χ1n) is 15.8. The van der Waals surface area contributed by atoms with Gasteiger partial charge in [-0.2, -0.15) is 0 Å². The van der Waals surface area contributed by atoms with E-state index in [-0.39, 0.29) is 22.8 Å². The molecule has 1 aromatic heterocycles. The fraction of sp³-hybridized carbons (Fsp3) is 0.125. The van der Waals surface area contributed by atoms with Crippen LogP contribution in [-0.2, 0) is 16.1 Å². The Kier molecular flexibility index (Phi) is 9.73. The van der Waals surface area contributed by atoms with E-state index in [2.05, 4.69) is 45.6 Å². The van der Waals surface area contributed by atoms with Gasteiger partial charge in [0.25, 0.3) is 11.8 Å². The Morgan fingerprint density at radius 3 is 2.17 bits per heavy atom. The lowest BCUT2D eigenvalue weighted by Crippen LogP contribution is -2.30. The zero-order valence-electron chi connectivity index (χ0n) is 27.0. The number of benzene rings is 5. The smallest absolute Gasteiger partial charge is 0.272 e. The van der Waals surface area contributed by atoms with Crippen LogP contribution in [-0.4, -0.2) is 27.5 Å². The van der Waals surface area contributed by atoms with Gasteiger partial charge >= 0.3 is 0 Å². The molecule has 0 saturated carbocycles. The van der Waals surface area contributed by atoms with Gasteiger partial charge < -0.3 is 20.5 Å². The summed E-state index contributed by atoms with van der Waals surface area (Å²) in [4.78, 5) is 40.5. The fourth-order valence-electron chi connectivity index (χ4n) is 5.64. The summed E-state index contributed by atoms with van der Waals surface area (Å²) in [6.07, 6.45) is 1.68. The Hall–Kier alpha value is -5.60. The van der Waals surface area contributed by atoms with E-state index >= 15 is 0 Å². The third kappa shape index (κ3) is 7.19. The van der Waals surface area contributed by atoms with Gasteiger partial charge in [0.2, 0.25) is 5.91 Å². The van der Waals surface area contributed by atoms with E-state index in [1.807, 2.05) is 80.6 Å². The molecule has 0 saturated heterocycles. The first kappa shape index (κ1) is 32.3. The third-order valence-electron chi connectivity index (χ3n) is 8.17. The van der Waals surface area contributed by atoms with E-state index in [0.29, 0.717) is 11.3 Å². The van der Waals surface area contributed by atoms with Crippen LogP contribution in [0.5, 0.6) is 0 Å². The predicted octanol–water partition coefficient (Wildman–Crippen LogP) is 8.65. The summed E-state index contributed by atoms with van der Waals surface area (Å²) in [6, 6.07) is 38.1. The lowest BCUT2D eigenvalue weighted by molar-refractivity contribution is -0.115. The highest BCUT2D eigenvalue weighted by atomic mass is 32.2. The van der Waals surface area contributed by atoms with Gasteiger partial charge in [-0.25, -0.2) is 0 Å². The second kappa shape index (κ2) is 14.4. The molecule has 8 heteroatoms. The lowest BCUT2D eigenvalue weighted by atomic mass is 10.1. The van der Waals surface area contributed by atoms with E-state index in [1.165, 1.54) is 17.3 Å². The molecule has 48 heavy (non-hydrogen) atoms. The molecule has 5 aromatic carbocycles. The van der Waals surface area contributed by atoms with E-state index in [4.69, 9.17) is 0 Å². The number of thioether (sulfide) groups is 1. The van der Waals surface area contributed by atoms with Crippen LogP contribution >= 0.6 is 11.8 Å². The zero-order chi connectivity index (χ0) is 33.6. The summed E-state index contributed by atoms with van der Waals surface area (Å²) in [5.74, 6) is -0.928.